The van der Waals surface area contributed by atoms with E-state index in [0.717, 1.165) is 36.8 Å². The van der Waals surface area contributed by atoms with Gasteiger partial charge in [0.2, 0.25) is 0 Å². The number of benzene rings is 1. The van der Waals surface area contributed by atoms with E-state index >= 15 is 0 Å². The molecule has 0 saturated carbocycles. The van der Waals surface area contributed by atoms with Crippen molar-refractivity contribution in [1.82, 2.24) is 15.1 Å². The molecule has 1 aromatic carbocycles. The summed E-state index contributed by atoms with van der Waals surface area (Å²) in [6.07, 6.45) is 5.15. The number of hydrogen-bond acceptors (Lipinski definition) is 2. The SMILES string of the molecule is CCCNC(CCc1c(Br)cnn1CC)c1ccccc1. The Morgan fingerprint density at radius 2 is 2.00 bits per heavy atom. The van der Waals surface area contributed by atoms with Crippen molar-refractivity contribution in [1.29, 1.82) is 0 Å². The van der Waals surface area contributed by atoms with Gasteiger partial charge in [-0.1, -0.05) is 37.3 Å². The molecule has 0 aliphatic heterocycles. The Morgan fingerprint density at radius 1 is 1.24 bits per heavy atom. The number of nitrogens with zero attached hydrogens (tertiary/aromatic N) is 2. The van der Waals surface area contributed by atoms with E-state index in [1.807, 2.05) is 6.20 Å². The summed E-state index contributed by atoms with van der Waals surface area (Å²) in [6, 6.07) is 11.1. The van der Waals surface area contributed by atoms with Crippen LogP contribution in [0, 0.1) is 0 Å². The number of nitrogens with one attached hydrogen (secondary N) is 1. The van der Waals surface area contributed by atoms with Gasteiger partial charge in [0.25, 0.3) is 0 Å². The highest BCUT2D eigenvalue weighted by molar-refractivity contribution is 9.10. The molecule has 0 amide bonds. The molecular weight excluding hydrogens is 326 g/mol. The van der Waals surface area contributed by atoms with Crippen LogP contribution in [0.5, 0.6) is 0 Å². The standard InChI is InChI=1S/C17H24BrN3/c1-3-12-19-16(14-8-6-5-7-9-14)10-11-17-15(18)13-20-21(17)4-2/h5-9,13,16,19H,3-4,10-12H2,1-2H3. The molecule has 21 heavy (non-hydrogen) atoms. The molecule has 3 nitrogen and oxygen atoms in total. The molecule has 4 heteroatoms. The first-order valence-electron chi connectivity index (χ1n) is 7.74. The van der Waals surface area contributed by atoms with Crippen LogP contribution in [0.3, 0.4) is 0 Å². The fourth-order valence-corrected chi connectivity index (χ4v) is 3.07. The zero-order valence-corrected chi connectivity index (χ0v) is 14.4. The Labute approximate surface area is 135 Å². The third-order valence-corrected chi connectivity index (χ3v) is 4.37. The summed E-state index contributed by atoms with van der Waals surface area (Å²) in [4.78, 5) is 0. The second-order valence-corrected chi connectivity index (χ2v) is 6.07. The third kappa shape index (κ3) is 4.42. The van der Waals surface area contributed by atoms with Gasteiger partial charge in [-0.15, -0.1) is 0 Å². The minimum atomic E-state index is 0.401. The fraction of sp³-hybridized carbons (Fsp3) is 0.471. The van der Waals surface area contributed by atoms with Crippen molar-refractivity contribution >= 4 is 15.9 Å². The van der Waals surface area contributed by atoms with Crippen LogP contribution in [0.25, 0.3) is 0 Å². The second-order valence-electron chi connectivity index (χ2n) is 5.21. The van der Waals surface area contributed by atoms with Crippen molar-refractivity contribution in [2.24, 2.45) is 0 Å². The summed E-state index contributed by atoms with van der Waals surface area (Å²) >= 11 is 3.61. The average molecular weight is 350 g/mol. The van der Waals surface area contributed by atoms with Gasteiger partial charge in [-0.25, -0.2) is 0 Å². The molecule has 0 aliphatic rings. The van der Waals surface area contributed by atoms with E-state index in [1.54, 1.807) is 0 Å². The zero-order chi connectivity index (χ0) is 15.1. The summed E-state index contributed by atoms with van der Waals surface area (Å²) < 4.78 is 3.19. The molecule has 0 spiro atoms. The summed E-state index contributed by atoms with van der Waals surface area (Å²) in [6.45, 7) is 6.30. The number of aryl methyl sites for hydroxylation is 1. The Morgan fingerprint density at radius 3 is 2.67 bits per heavy atom. The molecule has 0 radical (unpaired) electrons. The van der Waals surface area contributed by atoms with Crippen LogP contribution in [-0.2, 0) is 13.0 Å². The Balaban J connectivity index is 2.07. The van der Waals surface area contributed by atoms with E-state index in [1.165, 1.54) is 11.3 Å². The molecule has 1 N–H and O–H groups in total. The first kappa shape index (κ1) is 16.2. The normalized spacial score (nSPS) is 12.5. The molecule has 1 heterocycles. The maximum absolute atomic E-state index is 4.40. The lowest BCUT2D eigenvalue weighted by atomic mass is 10.0. The highest BCUT2D eigenvalue weighted by Gasteiger charge is 2.14. The number of hydrogen-bond donors (Lipinski definition) is 1. The lowest BCUT2D eigenvalue weighted by Crippen LogP contribution is -2.23. The first-order valence-corrected chi connectivity index (χ1v) is 8.54. The van der Waals surface area contributed by atoms with Crippen LogP contribution >= 0.6 is 15.9 Å². The van der Waals surface area contributed by atoms with Gasteiger partial charge in [0.05, 0.1) is 16.4 Å². The van der Waals surface area contributed by atoms with E-state index in [0.29, 0.717) is 6.04 Å². The Bertz CT molecular complexity index is 536. The van der Waals surface area contributed by atoms with Crippen LogP contribution < -0.4 is 5.32 Å². The summed E-state index contributed by atoms with van der Waals surface area (Å²) in [5, 5.41) is 8.06. The van der Waals surface area contributed by atoms with Gasteiger partial charge >= 0.3 is 0 Å². The van der Waals surface area contributed by atoms with E-state index in [-0.39, 0.29) is 0 Å². The van der Waals surface area contributed by atoms with E-state index in [4.69, 9.17) is 0 Å². The lowest BCUT2D eigenvalue weighted by molar-refractivity contribution is 0.487. The molecule has 2 rings (SSSR count). The van der Waals surface area contributed by atoms with Crippen LogP contribution in [0.4, 0.5) is 0 Å². The predicted molar refractivity (Wildman–Crippen MR) is 91.4 cm³/mol. The molecule has 1 aromatic heterocycles. The van der Waals surface area contributed by atoms with Gasteiger partial charge in [-0.3, -0.25) is 4.68 Å². The van der Waals surface area contributed by atoms with Crippen LogP contribution in [0.15, 0.2) is 41.0 Å². The van der Waals surface area contributed by atoms with E-state index < -0.39 is 0 Å². The molecule has 2 aromatic rings. The fourth-order valence-electron chi connectivity index (χ4n) is 2.58. The van der Waals surface area contributed by atoms with Crippen molar-refractivity contribution in [3.8, 4) is 0 Å². The summed E-state index contributed by atoms with van der Waals surface area (Å²) in [7, 11) is 0. The second kappa shape index (κ2) is 8.35. The largest absolute Gasteiger partial charge is 0.310 e. The van der Waals surface area contributed by atoms with Crippen molar-refractivity contribution in [3.63, 3.8) is 0 Å². The minimum absolute atomic E-state index is 0.401. The van der Waals surface area contributed by atoms with Crippen molar-refractivity contribution in [3.05, 3.63) is 52.3 Å². The molecule has 0 bridgehead atoms. The van der Waals surface area contributed by atoms with Gasteiger partial charge in [0.15, 0.2) is 0 Å². The smallest absolute Gasteiger partial charge is 0.0635 e. The molecule has 1 unspecified atom stereocenters. The number of rotatable bonds is 8. The van der Waals surface area contributed by atoms with Crippen molar-refractivity contribution < 1.29 is 0 Å². The number of aromatic nitrogens is 2. The van der Waals surface area contributed by atoms with Gasteiger partial charge in [0.1, 0.15) is 0 Å². The minimum Gasteiger partial charge on any atom is -0.310 e. The van der Waals surface area contributed by atoms with Crippen LogP contribution in [-0.4, -0.2) is 16.3 Å². The van der Waals surface area contributed by atoms with E-state index in [9.17, 15) is 0 Å². The highest BCUT2D eigenvalue weighted by Crippen LogP contribution is 2.23. The molecule has 1 atom stereocenters. The topological polar surface area (TPSA) is 29.9 Å². The maximum Gasteiger partial charge on any atom is 0.0635 e. The van der Waals surface area contributed by atoms with Gasteiger partial charge in [-0.05, 0) is 54.2 Å². The Kier molecular flexibility index (Phi) is 6.46. The molecule has 0 aliphatic carbocycles. The summed E-state index contributed by atoms with van der Waals surface area (Å²) in [5.41, 5.74) is 2.65. The Hall–Kier alpha value is -1.13. The molecule has 0 fully saturated rings. The van der Waals surface area contributed by atoms with Crippen molar-refractivity contribution in [2.75, 3.05) is 6.54 Å². The van der Waals surface area contributed by atoms with Gasteiger partial charge in [0, 0.05) is 12.6 Å². The third-order valence-electron chi connectivity index (χ3n) is 3.71. The first-order chi connectivity index (χ1) is 10.3. The molecule has 0 saturated heterocycles. The quantitative estimate of drug-likeness (QED) is 0.768. The van der Waals surface area contributed by atoms with Crippen molar-refractivity contribution in [2.45, 2.75) is 45.7 Å². The highest BCUT2D eigenvalue weighted by atomic mass is 79.9. The summed E-state index contributed by atoms with van der Waals surface area (Å²) in [5.74, 6) is 0. The van der Waals surface area contributed by atoms with Gasteiger partial charge in [-0.2, -0.15) is 5.10 Å². The predicted octanol–water partition coefficient (Wildman–Crippen LogP) is 4.34. The maximum atomic E-state index is 4.40. The number of halogens is 1. The van der Waals surface area contributed by atoms with Crippen LogP contribution in [0.2, 0.25) is 0 Å². The van der Waals surface area contributed by atoms with E-state index in [2.05, 4.69) is 75.2 Å². The average Bonchev–Trinajstić information content (AvgIpc) is 2.88. The van der Waals surface area contributed by atoms with Gasteiger partial charge < -0.3 is 5.32 Å². The molecular formula is C17H24BrN3. The zero-order valence-electron chi connectivity index (χ0n) is 12.8. The van der Waals surface area contributed by atoms with Crippen LogP contribution in [0.1, 0.15) is 44.0 Å². The lowest BCUT2D eigenvalue weighted by Gasteiger charge is -2.19. The molecule has 114 valence electrons. The monoisotopic (exact) mass is 349 g/mol.